The monoisotopic (exact) mass is 362 g/mol. The highest BCUT2D eigenvalue weighted by Gasteiger charge is 2.26. The van der Waals surface area contributed by atoms with Gasteiger partial charge in [-0.25, -0.2) is 5.01 Å². The number of nitrogens with one attached hydrogen (secondary N) is 2. The van der Waals surface area contributed by atoms with Crippen molar-refractivity contribution in [3.63, 3.8) is 0 Å². The van der Waals surface area contributed by atoms with Gasteiger partial charge >= 0.3 is 0 Å². The summed E-state index contributed by atoms with van der Waals surface area (Å²) in [6.45, 7) is 0. The molecule has 0 atom stereocenters. The minimum Gasteiger partial charge on any atom is -0.504 e. The Balaban J connectivity index is 1.99. The van der Waals surface area contributed by atoms with E-state index in [0.29, 0.717) is 11.3 Å². The lowest BCUT2D eigenvalue weighted by molar-refractivity contribution is 0.403. The summed E-state index contributed by atoms with van der Waals surface area (Å²) in [5, 5.41) is 43.5. The average molecular weight is 362 g/mol. The number of benzene rings is 2. The number of nitrogens with zero attached hydrogens (tertiary/aromatic N) is 2. The largest absolute Gasteiger partial charge is 0.504 e. The Labute approximate surface area is 152 Å². The fourth-order valence-electron chi connectivity index (χ4n) is 2.86. The second-order valence-corrected chi connectivity index (χ2v) is 5.93. The zero-order valence-corrected chi connectivity index (χ0v) is 13.8. The van der Waals surface area contributed by atoms with Gasteiger partial charge < -0.3 is 15.3 Å². The van der Waals surface area contributed by atoms with E-state index in [1.54, 1.807) is 24.3 Å². The minimum absolute atomic E-state index is 0.0758. The Bertz CT molecular complexity index is 1250. The fourth-order valence-corrected chi connectivity index (χ4v) is 2.86. The zero-order valence-electron chi connectivity index (χ0n) is 13.8. The minimum atomic E-state index is -0.592. The van der Waals surface area contributed by atoms with Crippen LogP contribution in [0.1, 0.15) is 11.1 Å². The molecule has 0 saturated carbocycles. The maximum Gasteiger partial charge on any atom is 0.260 e. The van der Waals surface area contributed by atoms with Crippen LogP contribution in [0.2, 0.25) is 0 Å². The van der Waals surface area contributed by atoms with Crippen molar-refractivity contribution in [3.05, 3.63) is 80.6 Å². The summed E-state index contributed by atoms with van der Waals surface area (Å²) in [7, 11) is 0. The van der Waals surface area contributed by atoms with Crippen LogP contribution in [0, 0.1) is 5.41 Å². The summed E-state index contributed by atoms with van der Waals surface area (Å²) < 4.78 is 0. The molecule has 3 aromatic rings. The number of aromatic hydroxyl groups is 3. The topological polar surface area (TPSA) is 133 Å². The standard InChI is InChI=1S/C19H14N4O4/c20-17-15-16(22-23(17)11-4-2-1-3-5-11)12(18(26)21-19(15)27)8-10-6-7-13(24)14(25)9-10/h1-9,20,24-25,27H,(H,21,26). The predicted octanol–water partition coefficient (Wildman–Crippen LogP) is 0.701. The van der Waals surface area contributed by atoms with Crippen molar-refractivity contribution < 1.29 is 15.3 Å². The first-order valence-electron chi connectivity index (χ1n) is 7.97. The number of pyridine rings is 1. The molecule has 0 saturated heterocycles. The van der Waals surface area contributed by atoms with Crippen LogP contribution < -0.4 is 21.1 Å². The van der Waals surface area contributed by atoms with Crippen LogP contribution >= 0.6 is 0 Å². The van der Waals surface area contributed by atoms with Crippen molar-refractivity contribution in [2.24, 2.45) is 5.10 Å². The van der Waals surface area contributed by atoms with Crippen LogP contribution in [0.5, 0.6) is 17.4 Å². The molecule has 0 bridgehead atoms. The third-order valence-electron chi connectivity index (χ3n) is 4.17. The maximum atomic E-state index is 12.4. The Morgan fingerprint density at radius 3 is 2.48 bits per heavy atom. The van der Waals surface area contributed by atoms with Crippen molar-refractivity contribution in [3.8, 4) is 17.4 Å². The van der Waals surface area contributed by atoms with Gasteiger partial charge in [0.15, 0.2) is 17.3 Å². The summed E-state index contributed by atoms with van der Waals surface area (Å²) in [6.07, 6.45) is 1.46. The van der Waals surface area contributed by atoms with Gasteiger partial charge in [-0.1, -0.05) is 24.3 Å². The number of H-pyrrole nitrogens is 1. The highest BCUT2D eigenvalue weighted by atomic mass is 16.3. The van der Waals surface area contributed by atoms with E-state index in [1.165, 1.54) is 29.3 Å². The summed E-state index contributed by atoms with van der Waals surface area (Å²) in [5.41, 5.74) is 0.570. The van der Waals surface area contributed by atoms with Gasteiger partial charge in [-0.2, -0.15) is 5.10 Å². The first-order valence-corrected chi connectivity index (χ1v) is 7.97. The Hall–Kier alpha value is -4.07. The molecular formula is C19H14N4O4. The van der Waals surface area contributed by atoms with Crippen LogP contribution in [-0.4, -0.2) is 26.1 Å². The molecule has 2 aromatic carbocycles. The number of fused-ring (bicyclic) bond motifs is 1. The van der Waals surface area contributed by atoms with Crippen LogP contribution in [0.4, 0.5) is 5.69 Å². The molecule has 1 aliphatic rings. The SMILES string of the molecule is N=C1c2c(O)[nH]c(=O)c(=Cc3ccc(O)c(O)c3)c2=NN1c1ccccc1. The molecule has 4 rings (SSSR count). The maximum absolute atomic E-state index is 12.4. The molecule has 0 unspecified atom stereocenters. The normalized spacial score (nSPS) is 13.6. The molecule has 1 aromatic heterocycles. The van der Waals surface area contributed by atoms with Crippen LogP contribution in [0.25, 0.3) is 6.08 Å². The molecule has 27 heavy (non-hydrogen) atoms. The lowest BCUT2D eigenvalue weighted by atomic mass is 10.1. The number of aromatic amines is 1. The molecule has 1 aliphatic heterocycles. The third kappa shape index (κ3) is 2.69. The van der Waals surface area contributed by atoms with E-state index in [2.05, 4.69) is 10.1 Å². The van der Waals surface area contributed by atoms with E-state index in [4.69, 9.17) is 5.41 Å². The number of aromatic nitrogens is 1. The van der Waals surface area contributed by atoms with Gasteiger partial charge in [-0.15, -0.1) is 0 Å². The summed E-state index contributed by atoms with van der Waals surface area (Å²) in [6, 6.07) is 13.0. The Morgan fingerprint density at radius 2 is 1.78 bits per heavy atom. The molecule has 0 radical (unpaired) electrons. The van der Waals surface area contributed by atoms with Crippen molar-refractivity contribution in [1.82, 2.24) is 4.98 Å². The third-order valence-corrected chi connectivity index (χ3v) is 4.17. The number of phenols is 2. The quantitative estimate of drug-likeness (QED) is 0.428. The number of phenolic OH excluding ortho intramolecular Hbond substituents is 2. The predicted molar refractivity (Wildman–Crippen MR) is 98.6 cm³/mol. The van der Waals surface area contributed by atoms with Crippen molar-refractivity contribution in [2.75, 3.05) is 5.01 Å². The molecule has 0 spiro atoms. The van der Waals surface area contributed by atoms with E-state index in [-0.39, 0.29) is 33.5 Å². The summed E-state index contributed by atoms with van der Waals surface area (Å²) in [5.74, 6) is -1.12. The molecule has 8 nitrogen and oxygen atoms in total. The molecular weight excluding hydrogens is 348 g/mol. The van der Waals surface area contributed by atoms with Crippen LogP contribution in [0.15, 0.2) is 58.4 Å². The van der Waals surface area contributed by atoms with E-state index in [1.807, 2.05) is 6.07 Å². The number of rotatable bonds is 2. The molecule has 134 valence electrons. The number of amidine groups is 1. The van der Waals surface area contributed by atoms with Gasteiger partial charge in [-0.05, 0) is 35.9 Å². The average Bonchev–Trinajstić information content (AvgIpc) is 3.00. The highest BCUT2D eigenvalue weighted by Crippen LogP contribution is 2.25. The lowest BCUT2D eigenvalue weighted by Gasteiger charge is -2.13. The van der Waals surface area contributed by atoms with E-state index in [0.717, 1.165) is 0 Å². The number of para-hydroxylation sites is 1. The van der Waals surface area contributed by atoms with E-state index in [9.17, 15) is 20.1 Å². The van der Waals surface area contributed by atoms with Crippen LogP contribution in [0.3, 0.4) is 0 Å². The molecule has 8 heteroatoms. The zero-order chi connectivity index (χ0) is 19.1. The number of hydrogen-bond donors (Lipinski definition) is 5. The van der Waals surface area contributed by atoms with Gasteiger partial charge in [0, 0.05) is 0 Å². The molecule has 0 amide bonds. The fraction of sp³-hybridized carbons (Fsp3) is 0. The Kier molecular flexibility index (Phi) is 3.66. The lowest BCUT2D eigenvalue weighted by Crippen LogP contribution is -2.42. The number of hydrogen-bond acceptors (Lipinski definition) is 6. The molecule has 0 aliphatic carbocycles. The molecule has 2 heterocycles. The van der Waals surface area contributed by atoms with Gasteiger partial charge in [0.1, 0.15) is 10.9 Å². The highest BCUT2D eigenvalue weighted by molar-refractivity contribution is 6.10. The van der Waals surface area contributed by atoms with E-state index < -0.39 is 11.4 Å². The van der Waals surface area contributed by atoms with Gasteiger partial charge in [0.05, 0.1) is 10.9 Å². The molecule has 0 fully saturated rings. The summed E-state index contributed by atoms with van der Waals surface area (Å²) in [4.78, 5) is 14.7. The second-order valence-electron chi connectivity index (χ2n) is 5.93. The van der Waals surface area contributed by atoms with Crippen molar-refractivity contribution in [1.29, 1.82) is 5.41 Å². The molecule has 5 N–H and O–H groups in total. The first-order chi connectivity index (χ1) is 13.0. The van der Waals surface area contributed by atoms with Gasteiger partial charge in [-0.3, -0.25) is 15.2 Å². The Morgan fingerprint density at radius 1 is 1.04 bits per heavy atom. The van der Waals surface area contributed by atoms with Crippen LogP contribution in [-0.2, 0) is 0 Å². The second kappa shape index (κ2) is 6.03. The first kappa shape index (κ1) is 16.4. The van der Waals surface area contributed by atoms with Crippen molar-refractivity contribution in [2.45, 2.75) is 0 Å². The van der Waals surface area contributed by atoms with Crippen molar-refractivity contribution >= 4 is 17.6 Å². The van der Waals surface area contributed by atoms with Gasteiger partial charge in [0.2, 0.25) is 5.88 Å². The van der Waals surface area contributed by atoms with E-state index >= 15 is 0 Å². The van der Waals surface area contributed by atoms with Gasteiger partial charge in [0.25, 0.3) is 5.56 Å². The smallest absolute Gasteiger partial charge is 0.260 e. The summed E-state index contributed by atoms with van der Waals surface area (Å²) >= 11 is 0. The number of anilines is 1.